The minimum Gasteiger partial charge on any atom is -0.329 e. The average Bonchev–Trinajstić information content (AvgIpc) is 2.69. The first-order valence-electron chi connectivity index (χ1n) is 6.09. The zero-order chi connectivity index (χ0) is 12.5. The maximum atomic E-state index is 6.24. The zero-order valence-corrected chi connectivity index (χ0v) is 12.2. The smallest absolute Gasteiger partial charge is 0.178 e. The molecule has 6 heteroatoms. The third-order valence-electron chi connectivity index (χ3n) is 3.29. The van der Waals surface area contributed by atoms with Crippen LogP contribution in [-0.2, 0) is 6.54 Å². The number of imidazole rings is 1. The zero-order valence-electron chi connectivity index (χ0n) is 9.86. The quantitative estimate of drug-likeness (QED) is 0.850. The molecule has 3 rings (SSSR count). The van der Waals surface area contributed by atoms with Gasteiger partial charge in [0.05, 0.1) is 22.3 Å². The fourth-order valence-electron chi connectivity index (χ4n) is 2.41. The van der Waals surface area contributed by atoms with Crippen LogP contribution in [0, 0.1) is 4.77 Å². The summed E-state index contributed by atoms with van der Waals surface area (Å²) in [6.07, 6.45) is 7.38. The van der Waals surface area contributed by atoms with Gasteiger partial charge in [0.1, 0.15) is 0 Å². The predicted octanol–water partition coefficient (Wildman–Crippen LogP) is 4.03. The Bertz CT molecular complexity index is 613. The van der Waals surface area contributed by atoms with Crippen molar-refractivity contribution in [3.05, 3.63) is 22.2 Å². The molecule has 0 saturated carbocycles. The van der Waals surface area contributed by atoms with Gasteiger partial charge in [0, 0.05) is 18.0 Å². The van der Waals surface area contributed by atoms with E-state index in [1.165, 1.54) is 25.0 Å². The Hall–Kier alpha value is -0.520. The number of thioether (sulfide) groups is 1. The third kappa shape index (κ3) is 2.31. The normalized spacial score (nSPS) is 20.4. The van der Waals surface area contributed by atoms with Crippen LogP contribution in [0.15, 0.2) is 12.4 Å². The number of aromatic nitrogens is 3. The van der Waals surface area contributed by atoms with Crippen LogP contribution in [0.2, 0.25) is 5.02 Å². The van der Waals surface area contributed by atoms with E-state index in [2.05, 4.69) is 14.5 Å². The monoisotopic (exact) mass is 299 g/mol. The molecular formula is C12H14ClN3S2. The molecule has 1 N–H and O–H groups in total. The summed E-state index contributed by atoms with van der Waals surface area (Å²) in [6.45, 7) is 0.938. The van der Waals surface area contributed by atoms with E-state index in [1.807, 2.05) is 11.8 Å². The van der Waals surface area contributed by atoms with E-state index in [-0.39, 0.29) is 0 Å². The van der Waals surface area contributed by atoms with Crippen molar-refractivity contribution in [1.82, 2.24) is 14.5 Å². The van der Waals surface area contributed by atoms with Crippen molar-refractivity contribution in [2.75, 3.05) is 5.75 Å². The van der Waals surface area contributed by atoms with Crippen molar-refractivity contribution in [3.8, 4) is 0 Å². The first-order chi connectivity index (χ1) is 8.75. The lowest BCUT2D eigenvalue weighted by molar-refractivity contribution is 0.588. The van der Waals surface area contributed by atoms with Crippen LogP contribution < -0.4 is 0 Å². The average molecular weight is 300 g/mol. The van der Waals surface area contributed by atoms with E-state index in [1.54, 1.807) is 12.4 Å². The molecule has 1 atom stereocenters. The van der Waals surface area contributed by atoms with Crippen LogP contribution in [0.3, 0.4) is 0 Å². The largest absolute Gasteiger partial charge is 0.329 e. The lowest BCUT2D eigenvalue weighted by Gasteiger charge is -2.21. The van der Waals surface area contributed by atoms with Gasteiger partial charge < -0.3 is 9.55 Å². The molecule has 1 unspecified atom stereocenters. The molecule has 1 aliphatic rings. The molecule has 18 heavy (non-hydrogen) atoms. The second-order valence-corrected chi connectivity index (χ2v) is 6.75. The number of pyridine rings is 1. The van der Waals surface area contributed by atoms with Crippen molar-refractivity contribution in [2.24, 2.45) is 0 Å². The summed E-state index contributed by atoms with van der Waals surface area (Å²) in [5, 5.41) is 1.31. The van der Waals surface area contributed by atoms with E-state index in [0.717, 1.165) is 22.3 Å². The Morgan fingerprint density at radius 2 is 2.39 bits per heavy atom. The van der Waals surface area contributed by atoms with Gasteiger partial charge in [0.25, 0.3) is 0 Å². The second kappa shape index (κ2) is 5.23. The summed E-state index contributed by atoms with van der Waals surface area (Å²) in [5.74, 6) is 1.26. The molecule has 2 aromatic rings. The lowest BCUT2D eigenvalue weighted by atomic mass is 10.2. The SMILES string of the molecule is S=c1[nH]c2cncc(Cl)c2n1CC1CCCCS1. The highest BCUT2D eigenvalue weighted by molar-refractivity contribution is 7.99. The van der Waals surface area contributed by atoms with E-state index in [4.69, 9.17) is 23.8 Å². The number of hydrogen-bond acceptors (Lipinski definition) is 3. The number of H-pyrrole nitrogens is 1. The molecular weight excluding hydrogens is 286 g/mol. The fraction of sp³-hybridized carbons (Fsp3) is 0.500. The minimum atomic E-state index is 0.647. The summed E-state index contributed by atoms with van der Waals surface area (Å²) in [6, 6.07) is 0. The molecule has 0 radical (unpaired) electrons. The number of nitrogens with zero attached hydrogens (tertiary/aromatic N) is 2. The molecule has 0 bridgehead atoms. The molecule has 0 amide bonds. The summed E-state index contributed by atoms with van der Waals surface area (Å²) in [5.41, 5.74) is 1.91. The topological polar surface area (TPSA) is 33.6 Å². The first kappa shape index (κ1) is 12.5. The van der Waals surface area contributed by atoms with Crippen LogP contribution >= 0.6 is 35.6 Å². The van der Waals surface area contributed by atoms with E-state index >= 15 is 0 Å². The number of nitrogens with one attached hydrogen (secondary N) is 1. The number of rotatable bonds is 2. The summed E-state index contributed by atoms with van der Waals surface area (Å²) in [4.78, 5) is 7.26. The maximum Gasteiger partial charge on any atom is 0.178 e. The standard InChI is InChI=1S/C12H14ClN3S2/c13-9-5-14-6-10-11(9)16(12(17)15-10)7-8-3-1-2-4-18-8/h5-6,8H,1-4,7H2,(H,15,17). The number of aromatic amines is 1. The lowest BCUT2D eigenvalue weighted by Crippen LogP contribution is -2.17. The summed E-state index contributed by atoms with van der Waals surface area (Å²) in [7, 11) is 0. The van der Waals surface area contributed by atoms with E-state index < -0.39 is 0 Å². The Morgan fingerprint density at radius 1 is 1.50 bits per heavy atom. The molecule has 1 aliphatic heterocycles. The molecule has 2 aromatic heterocycles. The van der Waals surface area contributed by atoms with Crippen LogP contribution in [0.25, 0.3) is 11.0 Å². The highest BCUT2D eigenvalue weighted by Crippen LogP contribution is 2.29. The Labute approximate surface area is 120 Å². The number of halogens is 1. The fourth-order valence-corrected chi connectivity index (χ4v) is 4.24. The molecule has 0 aromatic carbocycles. The Morgan fingerprint density at radius 3 is 3.17 bits per heavy atom. The molecule has 96 valence electrons. The van der Waals surface area contributed by atoms with Gasteiger partial charge in [-0.25, -0.2) is 0 Å². The van der Waals surface area contributed by atoms with Gasteiger partial charge >= 0.3 is 0 Å². The molecule has 3 nitrogen and oxygen atoms in total. The van der Waals surface area contributed by atoms with Gasteiger partial charge in [0.2, 0.25) is 0 Å². The van der Waals surface area contributed by atoms with Crippen molar-refractivity contribution in [2.45, 2.75) is 31.1 Å². The van der Waals surface area contributed by atoms with Crippen LogP contribution in [0.1, 0.15) is 19.3 Å². The summed E-state index contributed by atoms with van der Waals surface area (Å²) < 4.78 is 2.86. The van der Waals surface area contributed by atoms with Gasteiger partial charge in [0.15, 0.2) is 4.77 Å². The predicted molar refractivity (Wildman–Crippen MR) is 80.0 cm³/mol. The molecule has 3 heterocycles. The molecule has 1 fully saturated rings. The van der Waals surface area contributed by atoms with Crippen LogP contribution in [-0.4, -0.2) is 25.5 Å². The molecule has 0 aliphatic carbocycles. The van der Waals surface area contributed by atoms with Crippen molar-refractivity contribution >= 4 is 46.6 Å². The first-order valence-corrected chi connectivity index (χ1v) is 7.93. The minimum absolute atomic E-state index is 0.647. The van der Waals surface area contributed by atoms with Crippen molar-refractivity contribution < 1.29 is 0 Å². The highest BCUT2D eigenvalue weighted by Gasteiger charge is 2.17. The van der Waals surface area contributed by atoms with E-state index in [0.29, 0.717) is 10.3 Å². The maximum absolute atomic E-state index is 6.24. The van der Waals surface area contributed by atoms with E-state index in [9.17, 15) is 0 Å². The molecule has 0 spiro atoms. The van der Waals surface area contributed by atoms with Gasteiger partial charge in [-0.3, -0.25) is 4.98 Å². The van der Waals surface area contributed by atoms with Gasteiger partial charge in [-0.2, -0.15) is 11.8 Å². The number of fused-ring (bicyclic) bond motifs is 1. The molecule has 1 saturated heterocycles. The van der Waals surface area contributed by atoms with Crippen LogP contribution in [0.4, 0.5) is 0 Å². The third-order valence-corrected chi connectivity index (χ3v) is 5.27. The second-order valence-electron chi connectivity index (χ2n) is 4.55. The summed E-state index contributed by atoms with van der Waals surface area (Å²) >= 11 is 13.7. The van der Waals surface area contributed by atoms with Crippen molar-refractivity contribution in [3.63, 3.8) is 0 Å². The van der Waals surface area contributed by atoms with Crippen molar-refractivity contribution in [1.29, 1.82) is 0 Å². The van der Waals surface area contributed by atoms with Gasteiger partial charge in [-0.05, 0) is 30.8 Å². The Kier molecular flexibility index (Phi) is 3.63. The van der Waals surface area contributed by atoms with Crippen LogP contribution in [0.5, 0.6) is 0 Å². The van der Waals surface area contributed by atoms with Gasteiger partial charge in [-0.1, -0.05) is 18.0 Å². The Balaban J connectivity index is 2.00. The number of hydrogen-bond donors (Lipinski definition) is 1. The highest BCUT2D eigenvalue weighted by atomic mass is 35.5. The van der Waals surface area contributed by atoms with Gasteiger partial charge in [-0.15, -0.1) is 0 Å².